The van der Waals surface area contributed by atoms with Crippen LogP contribution < -0.4 is 4.90 Å². The zero-order valence-corrected chi connectivity index (χ0v) is 25.5. The summed E-state index contributed by atoms with van der Waals surface area (Å²) in [6.07, 6.45) is 0. The van der Waals surface area contributed by atoms with Crippen molar-refractivity contribution in [1.29, 1.82) is 0 Å². The van der Waals surface area contributed by atoms with Crippen molar-refractivity contribution in [2.45, 2.75) is 5.41 Å². The molecule has 0 spiro atoms. The summed E-state index contributed by atoms with van der Waals surface area (Å²) in [5.74, 6) is 1.66. The lowest BCUT2D eigenvalue weighted by Gasteiger charge is -2.46. The fourth-order valence-corrected chi connectivity index (χ4v) is 7.60. The Kier molecular flexibility index (Phi) is 6.06. The minimum Gasteiger partial charge on any atom is -0.294 e. The first-order valence-electron chi connectivity index (χ1n) is 15.8. The number of rotatable bonds is 4. The maximum atomic E-state index is 7.60. The molecule has 8 aromatic rings. The largest absolute Gasteiger partial charge is 0.294 e. The average Bonchev–Trinajstić information content (AvgIpc) is 3.48. The van der Waals surface area contributed by atoms with Gasteiger partial charge in [0.15, 0.2) is 5.69 Å². The Morgan fingerprint density at radius 2 is 1.04 bits per heavy atom. The molecule has 6 aromatic carbocycles. The Balaban J connectivity index is 1.31. The molecule has 1 aliphatic heterocycles. The number of anilines is 3. The fraction of sp³-hybridized carbons (Fsp3) is 0.0233. The van der Waals surface area contributed by atoms with Crippen LogP contribution in [0.3, 0.4) is 0 Å². The van der Waals surface area contributed by atoms with E-state index in [1.807, 2.05) is 24.3 Å². The highest BCUT2D eigenvalue weighted by molar-refractivity contribution is 6.10. The highest BCUT2D eigenvalue weighted by Crippen LogP contribution is 2.57. The third-order valence-electron chi connectivity index (χ3n) is 9.47. The lowest BCUT2D eigenvalue weighted by Crippen LogP contribution is -2.37. The van der Waals surface area contributed by atoms with E-state index in [-0.39, 0.29) is 0 Å². The quantitative estimate of drug-likeness (QED) is 0.188. The molecule has 0 saturated carbocycles. The number of hydrogen-bond donors (Lipinski definition) is 0. The minimum absolute atomic E-state index is 0.530. The highest BCUT2D eigenvalue weighted by Gasteiger charge is 2.46. The number of benzene rings is 6. The van der Waals surface area contributed by atoms with Gasteiger partial charge in [0.1, 0.15) is 11.6 Å². The van der Waals surface area contributed by atoms with Crippen LogP contribution in [0.4, 0.5) is 22.9 Å². The van der Waals surface area contributed by atoms with Crippen molar-refractivity contribution in [1.82, 2.24) is 9.55 Å². The molecule has 0 saturated heterocycles. The molecule has 0 aliphatic carbocycles. The third kappa shape index (κ3) is 3.90. The van der Waals surface area contributed by atoms with Crippen molar-refractivity contribution in [3.63, 3.8) is 0 Å². The van der Waals surface area contributed by atoms with E-state index in [0.717, 1.165) is 44.8 Å². The lowest BCUT2D eigenvalue weighted by molar-refractivity contribution is 0.730. The standard InChI is InChI=1S/C43H28N4/c1-44-32-27-28-38-34(29-32)33-19-8-11-22-37(33)46(38)41-25-14-26-42(45-41)47-39-23-12-9-20-35(39)43(30-15-4-2-5-16-30,31-17-6-3-7-18-31)36-21-10-13-24-40(36)47/h2-29H. The minimum atomic E-state index is -0.530. The molecule has 4 nitrogen and oxygen atoms in total. The molecule has 0 unspecified atom stereocenters. The lowest BCUT2D eigenvalue weighted by atomic mass is 9.62. The van der Waals surface area contributed by atoms with Crippen molar-refractivity contribution in [3.8, 4) is 5.82 Å². The van der Waals surface area contributed by atoms with Crippen LogP contribution in [0.15, 0.2) is 170 Å². The van der Waals surface area contributed by atoms with E-state index in [9.17, 15) is 0 Å². The zero-order valence-electron chi connectivity index (χ0n) is 25.5. The first-order chi connectivity index (χ1) is 23.3. The van der Waals surface area contributed by atoms with Gasteiger partial charge in [0.05, 0.1) is 34.4 Å². The van der Waals surface area contributed by atoms with Gasteiger partial charge in [0.25, 0.3) is 0 Å². The van der Waals surface area contributed by atoms with E-state index in [1.165, 1.54) is 22.3 Å². The number of fused-ring (bicyclic) bond motifs is 5. The second kappa shape index (κ2) is 10.6. The van der Waals surface area contributed by atoms with Crippen molar-refractivity contribution in [2.24, 2.45) is 0 Å². The average molecular weight is 601 g/mol. The number of aromatic nitrogens is 2. The zero-order chi connectivity index (χ0) is 31.4. The van der Waals surface area contributed by atoms with Crippen molar-refractivity contribution < 1.29 is 0 Å². The molecule has 9 rings (SSSR count). The molecule has 4 heteroatoms. The van der Waals surface area contributed by atoms with Crippen LogP contribution in [-0.2, 0) is 5.41 Å². The van der Waals surface area contributed by atoms with E-state index in [1.54, 1.807) is 0 Å². The summed E-state index contributed by atoms with van der Waals surface area (Å²) in [5.41, 5.74) is 9.20. The Morgan fingerprint density at radius 3 is 1.70 bits per heavy atom. The van der Waals surface area contributed by atoms with Crippen molar-refractivity contribution in [2.75, 3.05) is 4.90 Å². The SMILES string of the molecule is [C-]#[N+]c1ccc2c(c1)c1ccccc1n2-c1cccc(N2c3ccccc3C(c3ccccc3)(c3ccccc3)c3ccccc32)n1. The topological polar surface area (TPSA) is 25.4 Å². The Labute approximate surface area is 273 Å². The van der Waals surface area contributed by atoms with Gasteiger partial charge in [-0.2, -0.15) is 0 Å². The van der Waals surface area contributed by atoms with E-state index >= 15 is 0 Å². The molecule has 47 heavy (non-hydrogen) atoms. The smallest absolute Gasteiger partial charge is 0.188 e. The van der Waals surface area contributed by atoms with Gasteiger partial charge in [-0.05, 0) is 70.1 Å². The van der Waals surface area contributed by atoms with Gasteiger partial charge in [0.2, 0.25) is 0 Å². The summed E-state index contributed by atoms with van der Waals surface area (Å²) in [4.78, 5) is 11.4. The summed E-state index contributed by atoms with van der Waals surface area (Å²) >= 11 is 0. The van der Waals surface area contributed by atoms with E-state index in [0.29, 0.717) is 5.69 Å². The van der Waals surface area contributed by atoms with Gasteiger partial charge in [-0.15, -0.1) is 0 Å². The van der Waals surface area contributed by atoms with Crippen molar-refractivity contribution >= 4 is 44.7 Å². The summed E-state index contributed by atoms with van der Waals surface area (Å²) in [6.45, 7) is 7.60. The molecule has 0 amide bonds. The molecular weight excluding hydrogens is 573 g/mol. The first kappa shape index (κ1) is 26.9. The van der Waals surface area contributed by atoms with Crippen LogP contribution >= 0.6 is 0 Å². The summed E-state index contributed by atoms with van der Waals surface area (Å²) in [7, 11) is 0. The maximum absolute atomic E-state index is 7.60. The molecule has 0 N–H and O–H groups in total. The molecule has 220 valence electrons. The predicted octanol–water partition coefficient (Wildman–Crippen LogP) is 10.9. The van der Waals surface area contributed by atoms with Gasteiger partial charge >= 0.3 is 0 Å². The monoisotopic (exact) mass is 600 g/mol. The van der Waals surface area contributed by atoms with Crippen LogP contribution in [0.2, 0.25) is 0 Å². The van der Waals surface area contributed by atoms with Crippen LogP contribution in [-0.4, -0.2) is 9.55 Å². The second-order valence-corrected chi connectivity index (χ2v) is 11.9. The Morgan fingerprint density at radius 1 is 0.489 bits per heavy atom. The number of pyridine rings is 1. The first-order valence-corrected chi connectivity index (χ1v) is 15.8. The molecule has 0 radical (unpaired) electrons. The maximum Gasteiger partial charge on any atom is 0.188 e. The Hall–Kier alpha value is -6.44. The molecule has 0 atom stereocenters. The number of hydrogen-bond acceptors (Lipinski definition) is 2. The van der Waals surface area contributed by atoms with Gasteiger partial charge in [0, 0.05) is 5.39 Å². The van der Waals surface area contributed by atoms with Crippen LogP contribution in [0.5, 0.6) is 0 Å². The van der Waals surface area contributed by atoms with E-state index in [4.69, 9.17) is 11.6 Å². The van der Waals surface area contributed by atoms with Crippen LogP contribution in [0.1, 0.15) is 22.3 Å². The van der Waals surface area contributed by atoms with Gasteiger partial charge in [-0.25, -0.2) is 9.83 Å². The number of para-hydroxylation sites is 3. The summed E-state index contributed by atoms with van der Waals surface area (Å²) in [5, 5.41) is 2.15. The van der Waals surface area contributed by atoms with Gasteiger partial charge in [-0.1, -0.05) is 127 Å². The van der Waals surface area contributed by atoms with Crippen molar-refractivity contribution in [3.05, 3.63) is 204 Å². The molecule has 2 aromatic heterocycles. The normalized spacial score (nSPS) is 13.2. The summed E-state index contributed by atoms with van der Waals surface area (Å²) in [6, 6.07) is 59.7. The molecule has 1 aliphatic rings. The fourth-order valence-electron chi connectivity index (χ4n) is 7.60. The summed E-state index contributed by atoms with van der Waals surface area (Å²) < 4.78 is 2.21. The number of nitrogens with zero attached hydrogens (tertiary/aromatic N) is 4. The van der Waals surface area contributed by atoms with E-state index < -0.39 is 5.41 Å². The van der Waals surface area contributed by atoms with E-state index in [2.05, 4.69) is 160 Å². The van der Waals surface area contributed by atoms with Crippen LogP contribution in [0, 0.1) is 6.57 Å². The molecular formula is C43H28N4. The van der Waals surface area contributed by atoms with Gasteiger partial charge in [-0.3, -0.25) is 9.47 Å². The Bertz CT molecular complexity index is 2400. The predicted molar refractivity (Wildman–Crippen MR) is 191 cm³/mol. The molecule has 0 fully saturated rings. The van der Waals surface area contributed by atoms with Gasteiger partial charge < -0.3 is 0 Å². The second-order valence-electron chi connectivity index (χ2n) is 11.9. The van der Waals surface area contributed by atoms with Crippen LogP contribution in [0.25, 0.3) is 32.5 Å². The highest BCUT2D eigenvalue weighted by atomic mass is 15.2. The third-order valence-corrected chi connectivity index (χ3v) is 9.47. The molecule has 3 heterocycles. The molecule has 0 bridgehead atoms.